The van der Waals surface area contributed by atoms with E-state index in [9.17, 15) is 4.79 Å². The summed E-state index contributed by atoms with van der Waals surface area (Å²) < 4.78 is 10.9. The van der Waals surface area contributed by atoms with Crippen LogP contribution in [0.1, 0.15) is 24.0 Å². The molecule has 0 spiro atoms. The molecule has 0 atom stereocenters. The van der Waals surface area contributed by atoms with Gasteiger partial charge < -0.3 is 20.1 Å². The minimum absolute atomic E-state index is 0. The second-order valence-corrected chi connectivity index (χ2v) is 5.45. The van der Waals surface area contributed by atoms with Gasteiger partial charge >= 0.3 is 0 Å². The number of halogens is 1. The standard InChI is InChI=1S/C16H24N2O3.ClH/c1-12-4-5-13(14(10-12)20-2)11-18-15(19)16(21-3)6-8-17-9-7-16;/h4-5,10,17H,6-9,11H2,1-3H3,(H,18,19);1H. The van der Waals surface area contributed by atoms with E-state index in [4.69, 9.17) is 9.47 Å². The molecule has 5 nitrogen and oxygen atoms in total. The normalized spacial score (nSPS) is 16.5. The van der Waals surface area contributed by atoms with Crippen LogP contribution in [0, 0.1) is 6.92 Å². The van der Waals surface area contributed by atoms with Crippen molar-refractivity contribution in [3.63, 3.8) is 0 Å². The number of rotatable bonds is 5. The molecule has 1 aliphatic heterocycles. The Morgan fingerprint density at radius 1 is 1.32 bits per heavy atom. The molecule has 0 radical (unpaired) electrons. The second kappa shape index (κ2) is 8.36. The van der Waals surface area contributed by atoms with Crippen molar-refractivity contribution in [3.8, 4) is 5.75 Å². The lowest BCUT2D eigenvalue weighted by atomic mass is 9.91. The largest absolute Gasteiger partial charge is 0.496 e. The summed E-state index contributed by atoms with van der Waals surface area (Å²) in [7, 11) is 3.25. The van der Waals surface area contributed by atoms with Gasteiger partial charge in [-0.05, 0) is 44.5 Å². The molecular weight excluding hydrogens is 304 g/mol. The van der Waals surface area contributed by atoms with E-state index in [1.54, 1.807) is 14.2 Å². The van der Waals surface area contributed by atoms with Crippen LogP contribution >= 0.6 is 12.4 Å². The molecule has 6 heteroatoms. The maximum Gasteiger partial charge on any atom is 0.252 e. The van der Waals surface area contributed by atoms with Crippen molar-refractivity contribution in [1.82, 2.24) is 10.6 Å². The molecule has 1 amide bonds. The Morgan fingerprint density at radius 3 is 2.59 bits per heavy atom. The summed E-state index contributed by atoms with van der Waals surface area (Å²) >= 11 is 0. The molecule has 1 fully saturated rings. The first kappa shape index (κ1) is 18.7. The summed E-state index contributed by atoms with van der Waals surface area (Å²) in [5.41, 5.74) is 1.40. The molecule has 1 aromatic carbocycles. The maximum atomic E-state index is 12.5. The van der Waals surface area contributed by atoms with Crippen LogP contribution < -0.4 is 15.4 Å². The number of hydrogen-bond acceptors (Lipinski definition) is 4. The maximum absolute atomic E-state index is 12.5. The highest BCUT2D eigenvalue weighted by atomic mass is 35.5. The topological polar surface area (TPSA) is 59.6 Å². The van der Waals surface area contributed by atoms with Gasteiger partial charge in [0, 0.05) is 19.2 Å². The fourth-order valence-electron chi connectivity index (χ4n) is 2.69. The SMILES string of the molecule is COc1cc(C)ccc1CNC(=O)C1(OC)CCNCC1.Cl. The number of carbonyl (C=O) groups excluding carboxylic acids is 1. The van der Waals surface area contributed by atoms with E-state index in [0.29, 0.717) is 19.4 Å². The van der Waals surface area contributed by atoms with E-state index in [2.05, 4.69) is 10.6 Å². The predicted molar refractivity (Wildman–Crippen MR) is 88.7 cm³/mol. The Bertz CT molecular complexity index is 502. The van der Waals surface area contributed by atoms with Gasteiger partial charge in [-0.25, -0.2) is 0 Å². The van der Waals surface area contributed by atoms with Crippen LogP contribution in [0.25, 0.3) is 0 Å². The van der Waals surface area contributed by atoms with Crippen molar-refractivity contribution in [3.05, 3.63) is 29.3 Å². The molecule has 2 N–H and O–H groups in total. The Kier molecular flexibility index (Phi) is 7.13. The Labute approximate surface area is 138 Å². The number of hydrogen-bond donors (Lipinski definition) is 2. The molecule has 1 saturated heterocycles. The first-order valence-corrected chi connectivity index (χ1v) is 7.29. The monoisotopic (exact) mass is 328 g/mol. The number of amides is 1. The molecular formula is C16H25ClN2O3. The minimum Gasteiger partial charge on any atom is -0.496 e. The van der Waals surface area contributed by atoms with Crippen LogP contribution in [0.15, 0.2) is 18.2 Å². The van der Waals surface area contributed by atoms with Crippen LogP contribution in [0.3, 0.4) is 0 Å². The molecule has 0 aliphatic carbocycles. The third kappa shape index (κ3) is 4.12. The van der Waals surface area contributed by atoms with E-state index in [1.165, 1.54) is 0 Å². The van der Waals surface area contributed by atoms with Gasteiger partial charge in [0.2, 0.25) is 0 Å². The number of methoxy groups -OCH3 is 2. The molecule has 0 bridgehead atoms. The molecule has 0 saturated carbocycles. The van der Waals surface area contributed by atoms with Gasteiger partial charge in [-0.3, -0.25) is 4.79 Å². The summed E-state index contributed by atoms with van der Waals surface area (Å²) in [6, 6.07) is 5.97. The number of carbonyl (C=O) groups is 1. The average molecular weight is 329 g/mol. The van der Waals surface area contributed by atoms with E-state index in [1.807, 2.05) is 25.1 Å². The summed E-state index contributed by atoms with van der Waals surface area (Å²) in [6.07, 6.45) is 1.39. The van der Waals surface area contributed by atoms with Crippen LogP contribution in [0.5, 0.6) is 5.75 Å². The molecule has 2 rings (SSSR count). The van der Waals surface area contributed by atoms with Crippen molar-refractivity contribution < 1.29 is 14.3 Å². The third-order valence-electron chi connectivity index (χ3n) is 4.10. The first-order valence-electron chi connectivity index (χ1n) is 7.29. The quantitative estimate of drug-likeness (QED) is 0.865. The number of ether oxygens (including phenoxy) is 2. The third-order valence-corrected chi connectivity index (χ3v) is 4.10. The zero-order chi connectivity index (χ0) is 15.3. The molecule has 124 valence electrons. The zero-order valence-corrected chi connectivity index (χ0v) is 14.2. The Morgan fingerprint density at radius 2 is 2.00 bits per heavy atom. The first-order chi connectivity index (χ1) is 10.1. The van der Waals surface area contributed by atoms with Gasteiger partial charge in [-0.2, -0.15) is 0 Å². The number of nitrogens with one attached hydrogen (secondary N) is 2. The fraction of sp³-hybridized carbons (Fsp3) is 0.562. The highest BCUT2D eigenvalue weighted by Crippen LogP contribution is 2.24. The number of aryl methyl sites for hydroxylation is 1. The summed E-state index contributed by atoms with van der Waals surface area (Å²) in [4.78, 5) is 12.5. The summed E-state index contributed by atoms with van der Waals surface area (Å²) in [5, 5.41) is 6.23. The van der Waals surface area contributed by atoms with Gasteiger partial charge in [0.25, 0.3) is 5.91 Å². The van der Waals surface area contributed by atoms with E-state index >= 15 is 0 Å². The van der Waals surface area contributed by atoms with Gasteiger partial charge in [-0.15, -0.1) is 12.4 Å². The lowest BCUT2D eigenvalue weighted by molar-refractivity contribution is -0.146. The minimum atomic E-state index is -0.705. The predicted octanol–water partition coefficient (Wildman–Crippen LogP) is 1.81. The average Bonchev–Trinajstić information content (AvgIpc) is 2.53. The van der Waals surface area contributed by atoms with Gasteiger partial charge in [0.1, 0.15) is 11.4 Å². The molecule has 1 aromatic rings. The Hall–Kier alpha value is -1.30. The lowest BCUT2D eigenvalue weighted by Crippen LogP contribution is -2.53. The van der Waals surface area contributed by atoms with E-state index in [-0.39, 0.29) is 18.3 Å². The summed E-state index contributed by atoms with van der Waals surface area (Å²) in [5.74, 6) is 0.751. The fourth-order valence-corrected chi connectivity index (χ4v) is 2.69. The van der Waals surface area contributed by atoms with Crippen LogP contribution in [-0.2, 0) is 16.1 Å². The van der Waals surface area contributed by atoms with Crippen LogP contribution in [0.2, 0.25) is 0 Å². The van der Waals surface area contributed by atoms with Gasteiger partial charge in [-0.1, -0.05) is 12.1 Å². The van der Waals surface area contributed by atoms with Crippen molar-refractivity contribution in [2.45, 2.75) is 31.9 Å². The molecule has 22 heavy (non-hydrogen) atoms. The van der Waals surface area contributed by atoms with Gasteiger partial charge in [0.15, 0.2) is 0 Å². The Balaban J connectivity index is 0.00000242. The van der Waals surface area contributed by atoms with Gasteiger partial charge in [0.05, 0.1) is 7.11 Å². The van der Waals surface area contributed by atoms with Crippen molar-refractivity contribution in [2.24, 2.45) is 0 Å². The molecule has 0 unspecified atom stereocenters. The van der Waals surface area contributed by atoms with Crippen LogP contribution in [-0.4, -0.2) is 38.8 Å². The highest BCUT2D eigenvalue weighted by Gasteiger charge is 2.39. The van der Waals surface area contributed by atoms with Crippen molar-refractivity contribution in [2.75, 3.05) is 27.3 Å². The van der Waals surface area contributed by atoms with Crippen molar-refractivity contribution in [1.29, 1.82) is 0 Å². The smallest absolute Gasteiger partial charge is 0.252 e. The summed E-state index contributed by atoms with van der Waals surface area (Å²) in [6.45, 7) is 4.06. The van der Waals surface area contributed by atoms with E-state index < -0.39 is 5.60 Å². The molecule has 1 aliphatic rings. The lowest BCUT2D eigenvalue weighted by Gasteiger charge is -2.34. The van der Waals surface area contributed by atoms with Crippen LogP contribution in [0.4, 0.5) is 0 Å². The number of piperidine rings is 1. The molecule has 0 aromatic heterocycles. The molecule has 1 heterocycles. The zero-order valence-electron chi connectivity index (χ0n) is 13.4. The van der Waals surface area contributed by atoms with Crippen molar-refractivity contribution >= 4 is 18.3 Å². The highest BCUT2D eigenvalue weighted by molar-refractivity contribution is 5.85. The second-order valence-electron chi connectivity index (χ2n) is 5.45. The number of benzene rings is 1. The van der Waals surface area contributed by atoms with E-state index in [0.717, 1.165) is 30.0 Å².